The molecule has 4 heteroatoms. The highest BCUT2D eigenvalue weighted by Crippen LogP contribution is 2.16. The molecule has 2 aromatic rings. The normalized spacial score (nSPS) is 10.5. The van der Waals surface area contributed by atoms with E-state index in [0.29, 0.717) is 11.3 Å². The number of methoxy groups -OCH3 is 1. The van der Waals surface area contributed by atoms with E-state index in [9.17, 15) is 4.39 Å². The molecule has 2 rings (SSSR count). The minimum Gasteiger partial charge on any atom is -0.497 e. The van der Waals surface area contributed by atoms with E-state index < -0.39 is 0 Å². The number of rotatable bonds is 1. The quantitative estimate of drug-likeness (QED) is 0.600. The van der Waals surface area contributed by atoms with Gasteiger partial charge in [-0.2, -0.15) is 4.39 Å². The van der Waals surface area contributed by atoms with Crippen molar-refractivity contribution in [2.75, 3.05) is 7.11 Å². The average molecular weight is 166 g/mol. The van der Waals surface area contributed by atoms with Crippen LogP contribution in [-0.4, -0.2) is 16.5 Å². The lowest BCUT2D eigenvalue weighted by Crippen LogP contribution is -1.92. The zero-order valence-electron chi connectivity index (χ0n) is 6.49. The van der Waals surface area contributed by atoms with Crippen molar-refractivity contribution in [3.63, 3.8) is 0 Å². The molecule has 0 saturated heterocycles. The minimum absolute atomic E-state index is 0.373. The van der Waals surface area contributed by atoms with Gasteiger partial charge in [0.15, 0.2) is 0 Å². The maximum Gasteiger partial charge on any atom is 0.203 e. The fourth-order valence-electron chi connectivity index (χ4n) is 1.08. The third-order valence-corrected chi connectivity index (χ3v) is 1.68. The third-order valence-electron chi connectivity index (χ3n) is 1.68. The Hall–Kier alpha value is -1.58. The first-order chi connectivity index (χ1) is 5.81. The van der Waals surface area contributed by atoms with E-state index in [1.165, 1.54) is 23.9 Å². The van der Waals surface area contributed by atoms with E-state index in [-0.39, 0.29) is 5.95 Å². The summed E-state index contributed by atoms with van der Waals surface area (Å²) in [4.78, 5) is 3.80. The zero-order valence-corrected chi connectivity index (χ0v) is 6.49. The topological polar surface area (TPSA) is 26.5 Å². The van der Waals surface area contributed by atoms with E-state index in [4.69, 9.17) is 4.74 Å². The van der Waals surface area contributed by atoms with Gasteiger partial charge in [0.1, 0.15) is 12.1 Å². The number of aromatic nitrogens is 2. The Morgan fingerprint density at radius 1 is 1.50 bits per heavy atom. The number of ether oxygens (including phenoxy) is 1. The highest BCUT2D eigenvalue weighted by molar-refractivity contribution is 5.49. The van der Waals surface area contributed by atoms with Crippen molar-refractivity contribution in [3.8, 4) is 5.75 Å². The van der Waals surface area contributed by atoms with Crippen LogP contribution in [0.4, 0.5) is 4.39 Å². The van der Waals surface area contributed by atoms with Gasteiger partial charge in [0.05, 0.1) is 18.8 Å². The van der Waals surface area contributed by atoms with E-state index in [1.807, 2.05) is 0 Å². The number of hydrogen-bond donors (Lipinski definition) is 0. The summed E-state index contributed by atoms with van der Waals surface area (Å²) in [7, 11) is 1.50. The largest absolute Gasteiger partial charge is 0.497 e. The van der Waals surface area contributed by atoms with Crippen LogP contribution in [-0.2, 0) is 0 Å². The van der Waals surface area contributed by atoms with Crippen LogP contribution in [0, 0.1) is 5.95 Å². The molecule has 0 aliphatic heterocycles. The predicted molar refractivity (Wildman–Crippen MR) is 41.7 cm³/mol. The van der Waals surface area contributed by atoms with Gasteiger partial charge >= 0.3 is 0 Å². The Bertz CT molecular complexity index is 410. The molecule has 12 heavy (non-hydrogen) atoms. The molecule has 0 N–H and O–H groups in total. The smallest absolute Gasteiger partial charge is 0.203 e. The molecule has 2 heterocycles. The van der Waals surface area contributed by atoms with Crippen molar-refractivity contribution in [2.24, 2.45) is 0 Å². The Labute approximate surface area is 68.4 Å². The van der Waals surface area contributed by atoms with Crippen LogP contribution in [0.15, 0.2) is 24.7 Å². The highest BCUT2D eigenvalue weighted by atomic mass is 19.1. The summed E-state index contributed by atoms with van der Waals surface area (Å²) in [5, 5.41) is 0. The molecule has 0 amide bonds. The molecule has 62 valence electrons. The van der Waals surface area contributed by atoms with E-state index in [1.54, 1.807) is 12.3 Å². The van der Waals surface area contributed by atoms with Crippen molar-refractivity contribution in [2.45, 2.75) is 0 Å². The van der Waals surface area contributed by atoms with Gasteiger partial charge in [0.25, 0.3) is 0 Å². The Balaban J connectivity index is 2.75. The molecule has 3 nitrogen and oxygen atoms in total. The SMILES string of the molecule is COc1cc(F)n2cncc2c1. The van der Waals surface area contributed by atoms with E-state index in [0.717, 1.165) is 0 Å². The standard InChI is InChI=1S/C8H7FN2O/c1-12-7-2-6-4-10-5-11(6)8(9)3-7/h2-5H,1H3. The first-order valence-corrected chi connectivity index (χ1v) is 3.47. The van der Waals surface area contributed by atoms with Crippen LogP contribution in [0.3, 0.4) is 0 Å². The van der Waals surface area contributed by atoms with E-state index >= 15 is 0 Å². The fraction of sp³-hybridized carbons (Fsp3) is 0.125. The van der Waals surface area contributed by atoms with Crippen LogP contribution in [0.5, 0.6) is 5.75 Å². The molecular weight excluding hydrogens is 159 g/mol. The van der Waals surface area contributed by atoms with Gasteiger partial charge in [-0.15, -0.1) is 0 Å². The molecule has 0 spiro atoms. The lowest BCUT2D eigenvalue weighted by molar-refractivity contribution is 0.409. The number of nitrogens with zero attached hydrogens (tertiary/aromatic N) is 2. The number of halogens is 1. The summed E-state index contributed by atoms with van der Waals surface area (Å²) >= 11 is 0. The van der Waals surface area contributed by atoms with E-state index in [2.05, 4.69) is 4.98 Å². The summed E-state index contributed by atoms with van der Waals surface area (Å²) in [5.74, 6) is 0.127. The van der Waals surface area contributed by atoms with Gasteiger partial charge in [-0.3, -0.25) is 4.40 Å². The second-order valence-electron chi connectivity index (χ2n) is 2.41. The first kappa shape index (κ1) is 7.09. The van der Waals surface area contributed by atoms with Crippen LogP contribution in [0.2, 0.25) is 0 Å². The second-order valence-corrected chi connectivity index (χ2v) is 2.41. The summed E-state index contributed by atoms with van der Waals surface area (Å²) in [6, 6.07) is 3.03. The van der Waals surface area contributed by atoms with Crippen molar-refractivity contribution in [1.82, 2.24) is 9.38 Å². The Morgan fingerprint density at radius 2 is 2.33 bits per heavy atom. The average Bonchev–Trinajstić information content (AvgIpc) is 2.52. The molecule has 0 saturated carbocycles. The zero-order chi connectivity index (χ0) is 8.55. The molecule has 2 aromatic heterocycles. The van der Waals surface area contributed by atoms with Crippen molar-refractivity contribution < 1.29 is 9.13 Å². The second kappa shape index (κ2) is 2.48. The van der Waals surface area contributed by atoms with Crippen molar-refractivity contribution in [3.05, 3.63) is 30.6 Å². The lowest BCUT2D eigenvalue weighted by atomic mass is 10.4. The van der Waals surface area contributed by atoms with Gasteiger partial charge in [0.2, 0.25) is 5.95 Å². The minimum atomic E-state index is -0.373. The molecule has 0 aliphatic carbocycles. The van der Waals surface area contributed by atoms with Crippen molar-refractivity contribution >= 4 is 5.52 Å². The Kier molecular flexibility index (Phi) is 1.46. The Morgan fingerprint density at radius 3 is 3.08 bits per heavy atom. The molecule has 0 aliphatic rings. The van der Waals surface area contributed by atoms with Crippen LogP contribution >= 0.6 is 0 Å². The number of pyridine rings is 1. The molecule has 0 aromatic carbocycles. The molecule has 0 radical (unpaired) electrons. The number of imidazole rings is 1. The summed E-state index contributed by atoms with van der Waals surface area (Å²) in [6.07, 6.45) is 3.00. The predicted octanol–water partition coefficient (Wildman–Crippen LogP) is 1.48. The third kappa shape index (κ3) is 0.922. The highest BCUT2D eigenvalue weighted by Gasteiger charge is 2.02. The number of hydrogen-bond acceptors (Lipinski definition) is 2. The monoisotopic (exact) mass is 166 g/mol. The number of fused-ring (bicyclic) bond motifs is 1. The molecule has 0 atom stereocenters. The molecule has 0 fully saturated rings. The maximum atomic E-state index is 13.1. The molecular formula is C8H7FN2O. The van der Waals surface area contributed by atoms with Gasteiger partial charge in [0, 0.05) is 12.1 Å². The molecule has 0 bridgehead atoms. The van der Waals surface area contributed by atoms with Crippen LogP contribution in [0.1, 0.15) is 0 Å². The molecule has 0 unspecified atom stereocenters. The lowest BCUT2D eigenvalue weighted by Gasteiger charge is -2.00. The van der Waals surface area contributed by atoms with Crippen LogP contribution < -0.4 is 4.74 Å². The van der Waals surface area contributed by atoms with Gasteiger partial charge in [-0.05, 0) is 0 Å². The summed E-state index contributed by atoms with van der Waals surface area (Å²) in [5.41, 5.74) is 0.687. The van der Waals surface area contributed by atoms with Crippen molar-refractivity contribution in [1.29, 1.82) is 0 Å². The summed E-state index contributed by atoms with van der Waals surface area (Å²) in [6.45, 7) is 0. The maximum absolute atomic E-state index is 13.1. The fourth-order valence-corrected chi connectivity index (χ4v) is 1.08. The summed E-state index contributed by atoms with van der Waals surface area (Å²) < 4.78 is 19.4. The first-order valence-electron chi connectivity index (χ1n) is 3.47. The van der Waals surface area contributed by atoms with Gasteiger partial charge in [-0.25, -0.2) is 4.98 Å². The van der Waals surface area contributed by atoms with Gasteiger partial charge in [-0.1, -0.05) is 0 Å². The van der Waals surface area contributed by atoms with Gasteiger partial charge < -0.3 is 4.74 Å². The van der Waals surface area contributed by atoms with Crippen LogP contribution in [0.25, 0.3) is 5.52 Å².